The highest BCUT2D eigenvalue weighted by atomic mass is 35.5. The molecule has 2 N–H and O–H groups in total. The van der Waals surface area contributed by atoms with Crippen LogP contribution in [0.2, 0.25) is 5.02 Å². The van der Waals surface area contributed by atoms with E-state index in [1.54, 1.807) is 12.1 Å². The zero-order valence-corrected chi connectivity index (χ0v) is 12.2. The molecule has 0 radical (unpaired) electrons. The molecule has 0 saturated carbocycles. The van der Waals surface area contributed by atoms with Crippen molar-refractivity contribution in [1.82, 2.24) is 9.97 Å². The number of nitrogens with two attached hydrogens (primary N) is 1. The molecule has 1 aromatic heterocycles. The van der Waals surface area contributed by atoms with E-state index in [1.807, 2.05) is 48.5 Å². The third-order valence-corrected chi connectivity index (χ3v) is 3.41. The summed E-state index contributed by atoms with van der Waals surface area (Å²) >= 11 is 6.06. The van der Waals surface area contributed by atoms with Crippen LogP contribution in [0.3, 0.4) is 0 Å². The first-order chi connectivity index (χ1) is 10.7. The molecule has 0 unspecified atom stereocenters. The smallest absolute Gasteiger partial charge is 0.183 e. The van der Waals surface area contributed by atoms with Gasteiger partial charge in [0.1, 0.15) is 6.07 Å². The Labute approximate surface area is 132 Å². The fourth-order valence-electron chi connectivity index (χ4n) is 2.16. The highest BCUT2D eigenvalue weighted by Gasteiger charge is 2.15. The van der Waals surface area contributed by atoms with E-state index in [0.29, 0.717) is 16.4 Å². The van der Waals surface area contributed by atoms with Crippen LogP contribution in [-0.4, -0.2) is 9.97 Å². The van der Waals surface area contributed by atoms with Crippen molar-refractivity contribution >= 4 is 17.4 Å². The molecular formula is C17H11ClN4. The van der Waals surface area contributed by atoms with E-state index in [1.165, 1.54) is 0 Å². The van der Waals surface area contributed by atoms with Crippen LogP contribution >= 0.6 is 11.6 Å². The lowest BCUT2D eigenvalue weighted by atomic mass is 10.0. The monoisotopic (exact) mass is 306 g/mol. The number of halogens is 1. The number of anilines is 1. The van der Waals surface area contributed by atoms with Crippen molar-refractivity contribution in [3.8, 4) is 28.6 Å². The summed E-state index contributed by atoms with van der Waals surface area (Å²) in [7, 11) is 0. The molecule has 2 aromatic carbocycles. The molecule has 0 bridgehead atoms. The molecule has 0 atom stereocenters. The number of nitriles is 1. The second-order valence-electron chi connectivity index (χ2n) is 4.64. The average molecular weight is 307 g/mol. The molecule has 0 amide bonds. The minimum atomic E-state index is 0.106. The zero-order chi connectivity index (χ0) is 15.5. The third-order valence-electron chi connectivity index (χ3n) is 3.17. The molecule has 0 aliphatic heterocycles. The first-order valence-corrected chi connectivity index (χ1v) is 6.96. The normalized spacial score (nSPS) is 10.2. The van der Waals surface area contributed by atoms with Crippen molar-refractivity contribution in [2.45, 2.75) is 0 Å². The third kappa shape index (κ3) is 2.62. The Bertz CT molecular complexity index is 870. The summed E-state index contributed by atoms with van der Waals surface area (Å²) in [6.07, 6.45) is 0. The largest absolute Gasteiger partial charge is 0.381 e. The van der Waals surface area contributed by atoms with Gasteiger partial charge in [0.2, 0.25) is 0 Å². The van der Waals surface area contributed by atoms with Gasteiger partial charge in [0.05, 0.1) is 11.4 Å². The Morgan fingerprint density at radius 3 is 2.27 bits per heavy atom. The van der Waals surface area contributed by atoms with Gasteiger partial charge in [-0.05, 0) is 12.1 Å². The summed E-state index contributed by atoms with van der Waals surface area (Å²) in [5.41, 5.74) is 8.80. The van der Waals surface area contributed by atoms with Crippen molar-refractivity contribution in [3.05, 3.63) is 65.3 Å². The topological polar surface area (TPSA) is 75.6 Å². The summed E-state index contributed by atoms with van der Waals surface area (Å²) in [6.45, 7) is 0. The number of nitrogens with zero attached hydrogens (tertiary/aromatic N) is 3. The predicted molar refractivity (Wildman–Crippen MR) is 87.0 cm³/mol. The van der Waals surface area contributed by atoms with E-state index in [4.69, 9.17) is 22.6 Å². The SMILES string of the molecule is N#Cc1nc(-c2cccc(Cl)c2)c(-c2ccccc2)nc1N. The molecule has 22 heavy (non-hydrogen) atoms. The summed E-state index contributed by atoms with van der Waals surface area (Å²) in [5.74, 6) is 0.118. The van der Waals surface area contributed by atoms with E-state index in [9.17, 15) is 0 Å². The predicted octanol–water partition coefficient (Wildman–Crippen LogP) is 3.92. The van der Waals surface area contributed by atoms with Gasteiger partial charge in [-0.1, -0.05) is 54.1 Å². The van der Waals surface area contributed by atoms with Gasteiger partial charge in [-0.3, -0.25) is 0 Å². The van der Waals surface area contributed by atoms with Gasteiger partial charge in [-0.15, -0.1) is 0 Å². The van der Waals surface area contributed by atoms with Gasteiger partial charge >= 0.3 is 0 Å². The minimum absolute atomic E-state index is 0.106. The lowest BCUT2D eigenvalue weighted by molar-refractivity contribution is 1.18. The van der Waals surface area contributed by atoms with Crippen LogP contribution in [0.5, 0.6) is 0 Å². The van der Waals surface area contributed by atoms with Crippen LogP contribution in [0, 0.1) is 11.3 Å². The van der Waals surface area contributed by atoms with Crippen molar-refractivity contribution < 1.29 is 0 Å². The molecule has 0 aliphatic rings. The highest BCUT2D eigenvalue weighted by Crippen LogP contribution is 2.31. The van der Waals surface area contributed by atoms with E-state index < -0.39 is 0 Å². The van der Waals surface area contributed by atoms with Crippen LogP contribution in [0.1, 0.15) is 5.69 Å². The molecule has 4 nitrogen and oxygen atoms in total. The second-order valence-corrected chi connectivity index (χ2v) is 5.08. The van der Waals surface area contributed by atoms with Crippen LogP contribution in [-0.2, 0) is 0 Å². The Morgan fingerprint density at radius 2 is 1.59 bits per heavy atom. The van der Waals surface area contributed by atoms with E-state index in [2.05, 4.69) is 9.97 Å². The summed E-state index contributed by atoms with van der Waals surface area (Å²) in [6, 6.07) is 18.8. The Hall–Kier alpha value is -2.90. The van der Waals surface area contributed by atoms with Gasteiger partial charge < -0.3 is 5.73 Å². The molecule has 0 aliphatic carbocycles. The Kier molecular flexibility index (Phi) is 3.73. The minimum Gasteiger partial charge on any atom is -0.381 e. The molecule has 0 spiro atoms. The standard InChI is InChI=1S/C17H11ClN4/c18-13-8-4-7-12(9-13)16-15(11-5-2-1-3-6-11)22-17(20)14(10-19)21-16/h1-9H,(H2,20,22). The van der Waals surface area contributed by atoms with Gasteiger partial charge in [0.25, 0.3) is 0 Å². The van der Waals surface area contributed by atoms with Gasteiger partial charge in [0, 0.05) is 16.1 Å². The van der Waals surface area contributed by atoms with Gasteiger partial charge in [0.15, 0.2) is 11.5 Å². The molecule has 3 rings (SSSR count). The van der Waals surface area contributed by atoms with E-state index in [-0.39, 0.29) is 11.5 Å². The molecule has 1 heterocycles. The lowest BCUT2D eigenvalue weighted by Gasteiger charge is -2.10. The van der Waals surface area contributed by atoms with Gasteiger partial charge in [-0.2, -0.15) is 5.26 Å². The molecule has 5 heteroatoms. The van der Waals surface area contributed by atoms with Crippen LogP contribution in [0.15, 0.2) is 54.6 Å². The van der Waals surface area contributed by atoms with Crippen LogP contribution < -0.4 is 5.73 Å². The summed E-state index contributed by atoms with van der Waals surface area (Å²) < 4.78 is 0. The fraction of sp³-hybridized carbons (Fsp3) is 0. The lowest BCUT2D eigenvalue weighted by Crippen LogP contribution is -2.03. The summed E-state index contributed by atoms with van der Waals surface area (Å²) in [5, 5.41) is 9.74. The molecular weight excluding hydrogens is 296 g/mol. The number of aromatic nitrogens is 2. The van der Waals surface area contributed by atoms with E-state index >= 15 is 0 Å². The average Bonchev–Trinajstić information content (AvgIpc) is 2.55. The number of rotatable bonds is 2. The van der Waals surface area contributed by atoms with Crippen LogP contribution in [0.25, 0.3) is 22.5 Å². The maximum absolute atomic E-state index is 9.15. The van der Waals surface area contributed by atoms with Crippen molar-refractivity contribution in [3.63, 3.8) is 0 Å². The molecule has 0 saturated heterocycles. The fourth-order valence-corrected chi connectivity index (χ4v) is 2.36. The van der Waals surface area contributed by atoms with Crippen molar-refractivity contribution in [1.29, 1.82) is 5.26 Å². The second kappa shape index (κ2) is 5.84. The quantitative estimate of drug-likeness (QED) is 0.778. The van der Waals surface area contributed by atoms with Crippen molar-refractivity contribution in [2.75, 3.05) is 5.73 Å². The molecule has 0 fully saturated rings. The van der Waals surface area contributed by atoms with E-state index in [0.717, 1.165) is 11.1 Å². The highest BCUT2D eigenvalue weighted by molar-refractivity contribution is 6.30. The number of hydrogen-bond donors (Lipinski definition) is 1. The van der Waals surface area contributed by atoms with Crippen LogP contribution in [0.4, 0.5) is 5.82 Å². The van der Waals surface area contributed by atoms with Gasteiger partial charge in [-0.25, -0.2) is 9.97 Å². The number of benzene rings is 2. The maximum Gasteiger partial charge on any atom is 0.183 e. The molecule has 3 aromatic rings. The maximum atomic E-state index is 9.15. The number of nitrogen functional groups attached to an aromatic ring is 1. The Balaban J connectivity index is 2.30. The summed E-state index contributed by atoms with van der Waals surface area (Å²) in [4.78, 5) is 8.74. The first-order valence-electron chi connectivity index (χ1n) is 6.58. The van der Waals surface area contributed by atoms with Crippen molar-refractivity contribution in [2.24, 2.45) is 0 Å². The molecule has 106 valence electrons. The first kappa shape index (κ1) is 14.1. The Morgan fingerprint density at radius 1 is 0.909 bits per heavy atom. The zero-order valence-electron chi connectivity index (χ0n) is 11.5. The number of hydrogen-bond acceptors (Lipinski definition) is 4.